The number of H-pyrrole nitrogens is 2. The van der Waals surface area contributed by atoms with E-state index in [1.165, 1.54) is 0 Å². The highest BCUT2D eigenvalue weighted by molar-refractivity contribution is 5.86. The van der Waals surface area contributed by atoms with Crippen molar-refractivity contribution in [1.82, 2.24) is 29.9 Å². The maximum Gasteiger partial charge on any atom is 0.0894 e. The van der Waals surface area contributed by atoms with Gasteiger partial charge in [0.05, 0.1) is 44.8 Å². The van der Waals surface area contributed by atoms with Crippen LogP contribution in [-0.2, 0) is 0 Å². The molecule has 6 nitrogen and oxygen atoms in total. The van der Waals surface area contributed by atoms with E-state index in [0.717, 1.165) is 66.9 Å². The first-order chi connectivity index (χ1) is 18.7. The van der Waals surface area contributed by atoms with Crippen LogP contribution >= 0.6 is 0 Å². The maximum absolute atomic E-state index is 4.63. The summed E-state index contributed by atoms with van der Waals surface area (Å²) in [5, 5.41) is 0. The molecule has 0 fully saturated rings. The maximum atomic E-state index is 4.63. The first-order valence-corrected chi connectivity index (χ1v) is 12.4. The predicted molar refractivity (Wildman–Crippen MR) is 156 cm³/mol. The molecule has 6 heteroatoms. The zero-order chi connectivity index (χ0) is 25.3. The van der Waals surface area contributed by atoms with E-state index in [1.54, 1.807) is 0 Å². The quantitative estimate of drug-likeness (QED) is 0.216. The number of aromatic nitrogens is 6. The molecule has 4 aromatic heterocycles. The Morgan fingerprint density at radius 3 is 0.921 bits per heavy atom. The summed E-state index contributed by atoms with van der Waals surface area (Å²) in [5.41, 5.74) is 11.7. The first kappa shape index (κ1) is 21.9. The molecule has 2 N–H and O–H groups in total. The highest BCUT2D eigenvalue weighted by Gasteiger charge is 2.01. The molecular formula is C32H22N6. The third-order valence-electron chi connectivity index (χ3n) is 6.29. The van der Waals surface area contributed by atoms with Gasteiger partial charge >= 0.3 is 0 Å². The number of hydrogen-bond donors (Lipinski definition) is 2. The zero-order valence-electron chi connectivity index (χ0n) is 20.3. The number of aromatic amines is 2. The van der Waals surface area contributed by atoms with Crippen LogP contribution in [0, 0.1) is 0 Å². The molecule has 0 saturated carbocycles. The lowest BCUT2D eigenvalue weighted by Gasteiger charge is -1.98. The summed E-state index contributed by atoms with van der Waals surface area (Å²) in [7, 11) is 0. The molecule has 0 atom stereocenters. The van der Waals surface area contributed by atoms with Crippen molar-refractivity contribution < 1.29 is 0 Å². The van der Waals surface area contributed by atoms with Crippen molar-refractivity contribution in [3.63, 3.8) is 0 Å². The summed E-state index contributed by atoms with van der Waals surface area (Å²) < 4.78 is 0. The number of nitrogens with one attached hydrogen (secondary N) is 2. The van der Waals surface area contributed by atoms with Gasteiger partial charge in [0.1, 0.15) is 0 Å². The Labute approximate surface area is 218 Å². The standard InChI is InChI=1S/C20H14N4.C12H8N2/c1-2-14-10-16-5-6-18(23-16)12-20-8-7-19(24-20)11-17-4-3-15(22-17)9-13(1)21-14;1-2-6-10-9(5-1)13-11-7-3-4-8-12(11)14-10/h1-12,21,24H;1-8H. The molecule has 180 valence electrons. The van der Waals surface area contributed by atoms with Crippen molar-refractivity contribution >= 4 is 68.4 Å². The number of benzene rings is 2. The molecule has 6 aromatic rings. The van der Waals surface area contributed by atoms with Gasteiger partial charge in [0.15, 0.2) is 0 Å². The van der Waals surface area contributed by atoms with E-state index in [0.29, 0.717) is 0 Å². The summed E-state index contributed by atoms with van der Waals surface area (Å²) in [6.45, 7) is 0. The summed E-state index contributed by atoms with van der Waals surface area (Å²) in [4.78, 5) is 25.1. The van der Waals surface area contributed by atoms with E-state index in [9.17, 15) is 0 Å². The molecule has 6 heterocycles. The molecule has 2 aliphatic rings. The van der Waals surface area contributed by atoms with Crippen molar-refractivity contribution in [2.75, 3.05) is 0 Å². The van der Waals surface area contributed by atoms with Crippen LogP contribution in [0.3, 0.4) is 0 Å². The van der Waals surface area contributed by atoms with E-state index in [-0.39, 0.29) is 0 Å². The van der Waals surface area contributed by atoms with Gasteiger partial charge in [0.25, 0.3) is 0 Å². The molecule has 0 amide bonds. The van der Waals surface area contributed by atoms with Gasteiger partial charge in [-0.2, -0.15) is 0 Å². The summed E-state index contributed by atoms with van der Waals surface area (Å²) >= 11 is 0. The minimum absolute atomic E-state index is 0.939. The second-order valence-corrected chi connectivity index (χ2v) is 9.11. The van der Waals surface area contributed by atoms with Crippen LogP contribution in [0.2, 0.25) is 0 Å². The topological polar surface area (TPSA) is 83.1 Å². The van der Waals surface area contributed by atoms with Crippen LogP contribution in [0.25, 0.3) is 68.4 Å². The van der Waals surface area contributed by atoms with Gasteiger partial charge in [-0.05, 0) is 97.1 Å². The van der Waals surface area contributed by atoms with Gasteiger partial charge in [-0.3, -0.25) is 0 Å². The second-order valence-electron chi connectivity index (χ2n) is 9.11. The van der Waals surface area contributed by atoms with Crippen LogP contribution < -0.4 is 0 Å². The average Bonchev–Trinajstić information content (AvgIpc) is 3.74. The molecule has 0 aliphatic carbocycles. The van der Waals surface area contributed by atoms with Crippen molar-refractivity contribution in [3.05, 3.63) is 120 Å². The SMILES string of the molecule is C1=Cc2cc3ccc(cc4nc(cc5ccc(cc1n2)[nH]5)C=C4)[nH]3.c1ccc2nc3ccccc3nc2c1. The Kier molecular flexibility index (Phi) is 5.33. The molecule has 38 heavy (non-hydrogen) atoms. The molecule has 0 saturated heterocycles. The van der Waals surface area contributed by atoms with E-state index in [4.69, 9.17) is 0 Å². The lowest BCUT2D eigenvalue weighted by atomic mass is 10.2. The van der Waals surface area contributed by atoms with Crippen molar-refractivity contribution in [3.8, 4) is 0 Å². The Morgan fingerprint density at radius 1 is 0.342 bits per heavy atom. The molecule has 0 radical (unpaired) electrons. The van der Waals surface area contributed by atoms with Gasteiger partial charge in [-0.1, -0.05) is 24.3 Å². The van der Waals surface area contributed by atoms with Crippen molar-refractivity contribution in [2.24, 2.45) is 0 Å². The van der Waals surface area contributed by atoms with Gasteiger partial charge in [-0.15, -0.1) is 0 Å². The van der Waals surface area contributed by atoms with Crippen LogP contribution in [0.5, 0.6) is 0 Å². The minimum Gasteiger partial charge on any atom is -0.355 e. The van der Waals surface area contributed by atoms with Gasteiger partial charge < -0.3 is 9.97 Å². The van der Waals surface area contributed by atoms with Crippen LogP contribution in [0.4, 0.5) is 0 Å². The molecular weight excluding hydrogens is 468 g/mol. The van der Waals surface area contributed by atoms with E-state index in [2.05, 4.69) is 54.2 Å². The Morgan fingerprint density at radius 2 is 0.632 bits per heavy atom. The fraction of sp³-hybridized carbons (Fsp3) is 0. The molecule has 2 aliphatic heterocycles. The normalized spacial score (nSPS) is 12.0. The number of hydrogen-bond acceptors (Lipinski definition) is 4. The van der Waals surface area contributed by atoms with E-state index >= 15 is 0 Å². The van der Waals surface area contributed by atoms with Crippen LogP contribution in [0.1, 0.15) is 22.8 Å². The van der Waals surface area contributed by atoms with Gasteiger partial charge in [0.2, 0.25) is 0 Å². The molecule has 8 bridgehead atoms. The fourth-order valence-corrected chi connectivity index (χ4v) is 4.51. The third-order valence-corrected chi connectivity index (χ3v) is 6.29. The number of fused-ring (bicyclic) bond motifs is 10. The third kappa shape index (κ3) is 4.58. The average molecular weight is 491 g/mol. The lowest BCUT2D eigenvalue weighted by Crippen LogP contribution is -1.85. The predicted octanol–water partition coefficient (Wildman–Crippen LogP) is 7.44. The Hall–Kier alpha value is -5.36. The Bertz CT molecular complexity index is 1760. The fourth-order valence-electron chi connectivity index (χ4n) is 4.51. The monoisotopic (exact) mass is 490 g/mol. The van der Waals surface area contributed by atoms with Crippen LogP contribution in [-0.4, -0.2) is 29.9 Å². The number of para-hydroxylation sites is 4. The van der Waals surface area contributed by atoms with Gasteiger partial charge in [-0.25, -0.2) is 19.9 Å². The Balaban J connectivity index is 0.000000147. The van der Waals surface area contributed by atoms with Crippen molar-refractivity contribution in [2.45, 2.75) is 0 Å². The summed E-state index contributed by atoms with van der Waals surface area (Å²) in [6, 6.07) is 32.2. The van der Waals surface area contributed by atoms with Crippen molar-refractivity contribution in [1.29, 1.82) is 0 Å². The molecule has 2 aromatic carbocycles. The minimum atomic E-state index is 0.939. The zero-order valence-corrected chi connectivity index (χ0v) is 20.3. The smallest absolute Gasteiger partial charge is 0.0894 e. The van der Waals surface area contributed by atoms with E-state index in [1.807, 2.05) is 97.1 Å². The molecule has 0 spiro atoms. The van der Waals surface area contributed by atoms with Crippen LogP contribution in [0.15, 0.2) is 97.1 Å². The highest BCUT2D eigenvalue weighted by atomic mass is 14.8. The highest BCUT2D eigenvalue weighted by Crippen LogP contribution is 2.17. The summed E-state index contributed by atoms with van der Waals surface area (Å²) in [5.74, 6) is 0. The number of rotatable bonds is 0. The van der Waals surface area contributed by atoms with E-state index < -0.39 is 0 Å². The second kappa shape index (κ2) is 9.26. The first-order valence-electron chi connectivity index (χ1n) is 12.4. The largest absolute Gasteiger partial charge is 0.355 e. The van der Waals surface area contributed by atoms with Gasteiger partial charge in [0, 0.05) is 22.1 Å². The molecule has 0 unspecified atom stereocenters. The number of nitrogens with zero attached hydrogens (tertiary/aromatic N) is 4. The lowest BCUT2D eigenvalue weighted by molar-refractivity contribution is 1.31. The summed E-state index contributed by atoms with van der Waals surface area (Å²) in [6.07, 6.45) is 8.09. The molecule has 8 rings (SSSR count).